The molecule has 1 atom stereocenters. The van der Waals surface area contributed by atoms with Gasteiger partial charge in [-0.25, -0.2) is 0 Å². The Hall–Kier alpha value is -1.84. The van der Waals surface area contributed by atoms with Crippen LogP contribution in [-0.2, 0) is 6.42 Å². The third kappa shape index (κ3) is 2.05. The third-order valence-corrected chi connectivity index (χ3v) is 2.77. The Morgan fingerprint density at radius 2 is 2.25 bits per heavy atom. The highest BCUT2D eigenvalue weighted by atomic mass is 16.3. The molecular weight excluding hydrogens is 202 g/mol. The van der Waals surface area contributed by atoms with Crippen molar-refractivity contribution in [3.8, 4) is 5.75 Å². The standard InChI is InChI=1S/C12H15N3O/c1-8-4-3-5-11(16)12(8)9(2)6-10-7-13-15-14-10/h3-5,7,9,16H,6H2,1-2H3,(H,13,14,15). The van der Waals surface area contributed by atoms with Gasteiger partial charge in [0.05, 0.1) is 11.9 Å². The maximum absolute atomic E-state index is 9.85. The van der Waals surface area contributed by atoms with Crippen molar-refractivity contribution in [1.82, 2.24) is 15.4 Å². The van der Waals surface area contributed by atoms with E-state index in [9.17, 15) is 5.11 Å². The van der Waals surface area contributed by atoms with Gasteiger partial charge in [-0.3, -0.25) is 0 Å². The largest absolute Gasteiger partial charge is 0.508 e. The van der Waals surface area contributed by atoms with Gasteiger partial charge in [0.25, 0.3) is 0 Å². The van der Waals surface area contributed by atoms with Gasteiger partial charge < -0.3 is 5.11 Å². The number of phenolic OH excluding ortho intramolecular Hbond substituents is 1. The summed E-state index contributed by atoms with van der Waals surface area (Å²) < 4.78 is 0. The van der Waals surface area contributed by atoms with Crippen LogP contribution in [-0.4, -0.2) is 20.5 Å². The van der Waals surface area contributed by atoms with Crippen molar-refractivity contribution in [3.05, 3.63) is 41.2 Å². The molecule has 4 heteroatoms. The smallest absolute Gasteiger partial charge is 0.119 e. The van der Waals surface area contributed by atoms with E-state index in [-0.39, 0.29) is 5.92 Å². The number of hydrogen-bond acceptors (Lipinski definition) is 3. The Morgan fingerprint density at radius 1 is 1.44 bits per heavy atom. The van der Waals surface area contributed by atoms with Crippen molar-refractivity contribution >= 4 is 0 Å². The summed E-state index contributed by atoms with van der Waals surface area (Å²) in [5, 5.41) is 20.2. The minimum absolute atomic E-state index is 0.228. The number of rotatable bonds is 3. The van der Waals surface area contributed by atoms with Crippen LogP contribution < -0.4 is 0 Å². The maximum Gasteiger partial charge on any atom is 0.119 e. The number of nitrogens with zero attached hydrogens (tertiary/aromatic N) is 2. The quantitative estimate of drug-likeness (QED) is 0.828. The number of phenols is 1. The Kier molecular flexibility index (Phi) is 2.90. The zero-order valence-corrected chi connectivity index (χ0v) is 9.44. The predicted molar refractivity (Wildman–Crippen MR) is 61.3 cm³/mol. The number of hydrogen-bond donors (Lipinski definition) is 2. The fourth-order valence-electron chi connectivity index (χ4n) is 2.05. The zero-order valence-electron chi connectivity index (χ0n) is 9.44. The summed E-state index contributed by atoms with van der Waals surface area (Å²) in [5.74, 6) is 0.585. The molecule has 1 aromatic carbocycles. The molecule has 1 heterocycles. The SMILES string of the molecule is Cc1cccc(O)c1C(C)Cc1cn[nH]n1. The second kappa shape index (κ2) is 4.35. The molecule has 4 nitrogen and oxygen atoms in total. The van der Waals surface area contributed by atoms with Crippen molar-refractivity contribution in [2.24, 2.45) is 0 Å². The van der Waals surface area contributed by atoms with Gasteiger partial charge in [0, 0.05) is 0 Å². The number of H-pyrrole nitrogens is 1. The van der Waals surface area contributed by atoms with E-state index in [1.807, 2.05) is 19.1 Å². The van der Waals surface area contributed by atoms with Crippen molar-refractivity contribution < 1.29 is 5.11 Å². The summed E-state index contributed by atoms with van der Waals surface area (Å²) >= 11 is 0. The first-order valence-corrected chi connectivity index (χ1v) is 5.31. The lowest BCUT2D eigenvalue weighted by Crippen LogP contribution is -2.01. The molecule has 0 aliphatic carbocycles. The van der Waals surface area contributed by atoms with Gasteiger partial charge in [-0.2, -0.15) is 15.4 Å². The van der Waals surface area contributed by atoms with E-state index in [4.69, 9.17) is 0 Å². The molecule has 2 N–H and O–H groups in total. The summed E-state index contributed by atoms with van der Waals surface area (Å²) in [6.07, 6.45) is 2.49. The zero-order chi connectivity index (χ0) is 11.5. The molecular formula is C12H15N3O. The lowest BCUT2D eigenvalue weighted by atomic mass is 9.92. The van der Waals surface area contributed by atoms with Crippen molar-refractivity contribution in [2.45, 2.75) is 26.2 Å². The van der Waals surface area contributed by atoms with Crippen molar-refractivity contribution in [3.63, 3.8) is 0 Å². The number of aryl methyl sites for hydroxylation is 1. The van der Waals surface area contributed by atoms with Crippen LogP contribution in [0.5, 0.6) is 5.75 Å². The molecule has 0 fully saturated rings. The summed E-state index contributed by atoms with van der Waals surface area (Å²) in [6, 6.07) is 5.59. The van der Waals surface area contributed by atoms with Crippen LogP contribution in [0, 0.1) is 6.92 Å². The molecule has 0 bridgehead atoms. The Balaban J connectivity index is 2.24. The minimum Gasteiger partial charge on any atom is -0.508 e. The molecule has 0 aliphatic heterocycles. The molecule has 0 spiro atoms. The second-order valence-corrected chi connectivity index (χ2v) is 4.07. The van der Waals surface area contributed by atoms with E-state index in [2.05, 4.69) is 22.3 Å². The van der Waals surface area contributed by atoms with Crippen LogP contribution >= 0.6 is 0 Å². The number of benzene rings is 1. The first kappa shape index (κ1) is 10.7. The average molecular weight is 217 g/mol. The van der Waals surface area contributed by atoms with E-state index in [1.54, 1.807) is 12.3 Å². The van der Waals surface area contributed by atoms with E-state index < -0.39 is 0 Å². The van der Waals surface area contributed by atoms with Gasteiger partial charge in [0.1, 0.15) is 5.75 Å². The molecule has 0 radical (unpaired) electrons. The average Bonchev–Trinajstić information content (AvgIpc) is 2.70. The van der Waals surface area contributed by atoms with Crippen LogP contribution in [0.2, 0.25) is 0 Å². The topological polar surface area (TPSA) is 61.8 Å². The van der Waals surface area contributed by atoms with E-state index in [0.717, 1.165) is 23.2 Å². The van der Waals surface area contributed by atoms with E-state index in [1.165, 1.54) is 0 Å². The van der Waals surface area contributed by atoms with Crippen molar-refractivity contribution in [2.75, 3.05) is 0 Å². The first-order chi connectivity index (χ1) is 7.68. The maximum atomic E-state index is 9.85. The second-order valence-electron chi connectivity index (χ2n) is 4.07. The molecule has 1 unspecified atom stereocenters. The Morgan fingerprint density at radius 3 is 2.88 bits per heavy atom. The van der Waals surface area contributed by atoms with Crippen LogP contribution in [0.1, 0.15) is 29.7 Å². The van der Waals surface area contributed by atoms with Gasteiger partial charge in [-0.05, 0) is 36.5 Å². The number of aromatic hydroxyl groups is 1. The highest BCUT2D eigenvalue weighted by molar-refractivity contribution is 5.41. The lowest BCUT2D eigenvalue weighted by molar-refractivity contribution is 0.461. The monoisotopic (exact) mass is 217 g/mol. The molecule has 2 rings (SSSR count). The lowest BCUT2D eigenvalue weighted by Gasteiger charge is -2.14. The summed E-state index contributed by atoms with van der Waals surface area (Å²) in [7, 11) is 0. The number of aromatic nitrogens is 3. The molecule has 0 aliphatic rings. The fourth-order valence-corrected chi connectivity index (χ4v) is 2.05. The molecule has 0 saturated heterocycles. The van der Waals surface area contributed by atoms with E-state index >= 15 is 0 Å². The highest BCUT2D eigenvalue weighted by Crippen LogP contribution is 2.30. The van der Waals surface area contributed by atoms with Crippen LogP contribution in [0.4, 0.5) is 0 Å². The normalized spacial score (nSPS) is 12.6. The van der Waals surface area contributed by atoms with Gasteiger partial charge in [-0.1, -0.05) is 19.1 Å². The fraction of sp³-hybridized carbons (Fsp3) is 0.333. The molecule has 0 amide bonds. The Bertz CT molecular complexity index is 445. The highest BCUT2D eigenvalue weighted by Gasteiger charge is 2.14. The minimum atomic E-state index is 0.228. The molecule has 84 valence electrons. The molecule has 2 aromatic rings. The first-order valence-electron chi connectivity index (χ1n) is 5.31. The number of nitrogens with one attached hydrogen (secondary N) is 1. The van der Waals surface area contributed by atoms with E-state index in [0.29, 0.717) is 5.75 Å². The third-order valence-electron chi connectivity index (χ3n) is 2.77. The van der Waals surface area contributed by atoms with Crippen LogP contribution in [0.3, 0.4) is 0 Å². The van der Waals surface area contributed by atoms with Gasteiger partial charge in [0.15, 0.2) is 0 Å². The van der Waals surface area contributed by atoms with Gasteiger partial charge >= 0.3 is 0 Å². The van der Waals surface area contributed by atoms with Crippen LogP contribution in [0.15, 0.2) is 24.4 Å². The Labute approximate surface area is 94.3 Å². The molecule has 16 heavy (non-hydrogen) atoms. The van der Waals surface area contributed by atoms with Crippen LogP contribution in [0.25, 0.3) is 0 Å². The predicted octanol–water partition coefficient (Wildman–Crippen LogP) is 2.16. The van der Waals surface area contributed by atoms with Gasteiger partial charge in [-0.15, -0.1) is 0 Å². The van der Waals surface area contributed by atoms with Crippen molar-refractivity contribution in [1.29, 1.82) is 0 Å². The summed E-state index contributed by atoms with van der Waals surface area (Å²) in [4.78, 5) is 0. The summed E-state index contributed by atoms with van der Waals surface area (Å²) in [6.45, 7) is 4.09. The summed E-state index contributed by atoms with van der Waals surface area (Å²) in [5.41, 5.74) is 3.01. The molecule has 0 saturated carbocycles. The number of aromatic amines is 1. The molecule has 1 aromatic heterocycles. The van der Waals surface area contributed by atoms with Gasteiger partial charge in [0.2, 0.25) is 0 Å².